The van der Waals surface area contributed by atoms with E-state index in [1.165, 1.54) is 4.90 Å². The van der Waals surface area contributed by atoms with E-state index in [2.05, 4.69) is 0 Å². The summed E-state index contributed by atoms with van der Waals surface area (Å²) in [5.74, 6) is 0.283. The van der Waals surface area contributed by atoms with E-state index in [4.69, 9.17) is 5.11 Å². The minimum Gasteiger partial charge on any atom is -0.530 e. The van der Waals surface area contributed by atoms with E-state index in [0.717, 1.165) is 12.8 Å². The third kappa shape index (κ3) is 2.08. The Morgan fingerprint density at radius 3 is 2.45 bits per heavy atom. The summed E-state index contributed by atoms with van der Waals surface area (Å²) in [7, 11) is 0. The smallest absolute Gasteiger partial charge is 0.136 e. The molecule has 0 aromatic carbocycles. The van der Waals surface area contributed by atoms with Crippen molar-refractivity contribution in [1.82, 2.24) is 4.90 Å². The third-order valence-electron chi connectivity index (χ3n) is 2.13. The van der Waals surface area contributed by atoms with Gasteiger partial charge in [0.15, 0.2) is 0 Å². The van der Waals surface area contributed by atoms with Crippen LogP contribution in [0.15, 0.2) is 0 Å². The molecule has 0 aromatic rings. The molecule has 4 nitrogen and oxygen atoms in total. The number of carbonyl (C=O) groups excluding carboxylic acids is 1. The summed E-state index contributed by atoms with van der Waals surface area (Å²) in [6.07, 6.45) is 0.413. The highest BCUT2D eigenvalue weighted by Crippen LogP contribution is 2.15. The van der Waals surface area contributed by atoms with Crippen LogP contribution in [0.1, 0.15) is 12.8 Å². The Balaban J connectivity index is 2.30. The molecular weight excluding hydrogens is 146 g/mol. The SMILES string of the molecule is O=C([O-])N1CCC(CO)CC1. The Hall–Kier alpha value is -0.770. The van der Waals surface area contributed by atoms with Gasteiger partial charge >= 0.3 is 0 Å². The molecule has 1 N–H and O–H groups in total. The van der Waals surface area contributed by atoms with Crippen LogP contribution in [0.4, 0.5) is 4.79 Å². The number of nitrogens with zero attached hydrogens (tertiary/aromatic N) is 1. The van der Waals surface area contributed by atoms with Crippen LogP contribution in [0.5, 0.6) is 0 Å². The lowest BCUT2D eigenvalue weighted by atomic mass is 9.98. The molecule has 0 aliphatic carbocycles. The van der Waals surface area contributed by atoms with E-state index in [9.17, 15) is 9.90 Å². The highest BCUT2D eigenvalue weighted by Gasteiger charge is 2.17. The van der Waals surface area contributed by atoms with E-state index >= 15 is 0 Å². The molecule has 64 valence electrons. The molecule has 0 bridgehead atoms. The summed E-state index contributed by atoms with van der Waals surface area (Å²) in [6, 6.07) is 0. The highest BCUT2D eigenvalue weighted by molar-refractivity contribution is 5.62. The predicted molar refractivity (Wildman–Crippen MR) is 36.8 cm³/mol. The molecule has 1 fully saturated rings. The Bertz CT molecular complexity index is 141. The molecule has 0 saturated carbocycles. The number of rotatable bonds is 1. The van der Waals surface area contributed by atoms with Gasteiger partial charge in [-0.2, -0.15) is 0 Å². The van der Waals surface area contributed by atoms with E-state index < -0.39 is 6.09 Å². The fourth-order valence-corrected chi connectivity index (χ4v) is 1.30. The van der Waals surface area contributed by atoms with E-state index in [1.807, 2.05) is 0 Å². The molecule has 0 radical (unpaired) electrons. The molecule has 1 heterocycles. The molecule has 4 heteroatoms. The number of piperidine rings is 1. The maximum absolute atomic E-state index is 10.3. The van der Waals surface area contributed by atoms with Gasteiger partial charge in [0, 0.05) is 19.7 Å². The molecule has 0 unspecified atom stereocenters. The van der Waals surface area contributed by atoms with Crippen LogP contribution < -0.4 is 5.11 Å². The monoisotopic (exact) mass is 158 g/mol. The molecule has 11 heavy (non-hydrogen) atoms. The van der Waals surface area contributed by atoms with Crippen molar-refractivity contribution in [3.05, 3.63) is 0 Å². The van der Waals surface area contributed by atoms with Gasteiger partial charge in [0.25, 0.3) is 0 Å². The number of aliphatic hydroxyl groups excluding tert-OH is 1. The molecule has 1 amide bonds. The van der Waals surface area contributed by atoms with Crippen LogP contribution in [-0.2, 0) is 0 Å². The molecule has 1 rings (SSSR count). The van der Waals surface area contributed by atoms with Gasteiger partial charge in [0.1, 0.15) is 6.09 Å². The Labute approximate surface area is 65.4 Å². The van der Waals surface area contributed by atoms with Crippen molar-refractivity contribution >= 4 is 6.09 Å². The standard InChI is InChI=1S/C7H13NO3/c9-5-6-1-3-8(4-2-6)7(10)11/h6,9H,1-5H2,(H,10,11)/p-1. The maximum atomic E-state index is 10.3. The van der Waals surface area contributed by atoms with Crippen LogP contribution in [-0.4, -0.2) is 35.8 Å². The molecular formula is C7H12NO3-. The topological polar surface area (TPSA) is 63.6 Å². The van der Waals surface area contributed by atoms with Crippen molar-refractivity contribution in [1.29, 1.82) is 0 Å². The molecule has 0 spiro atoms. The number of likely N-dealkylation sites (tertiary alicyclic amines) is 1. The van der Waals surface area contributed by atoms with Crippen molar-refractivity contribution in [3.8, 4) is 0 Å². The second-order valence-electron chi connectivity index (χ2n) is 2.88. The van der Waals surface area contributed by atoms with Crippen molar-refractivity contribution in [3.63, 3.8) is 0 Å². The van der Waals surface area contributed by atoms with Gasteiger partial charge < -0.3 is 19.9 Å². The summed E-state index contributed by atoms with van der Waals surface area (Å²) in [5.41, 5.74) is 0. The van der Waals surface area contributed by atoms with Gasteiger partial charge in [-0.25, -0.2) is 0 Å². The minimum absolute atomic E-state index is 0.168. The van der Waals surface area contributed by atoms with Gasteiger partial charge in [0.05, 0.1) is 0 Å². The van der Waals surface area contributed by atoms with Crippen LogP contribution >= 0.6 is 0 Å². The van der Waals surface area contributed by atoms with Crippen LogP contribution in [0.2, 0.25) is 0 Å². The predicted octanol–water partition coefficient (Wildman–Crippen LogP) is -0.966. The second kappa shape index (κ2) is 3.57. The summed E-state index contributed by atoms with van der Waals surface area (Å²) in [6.45, 7) is 1.18. The van der Waals surface area contributed by atoms with Gasteiger partial charge in [-0.15, -0.1) is 0 Å². The lowest BCUT2D eigenvalue weighted by Gasteiger charge is -2.32. The third-order valence-corrected chi connectivity index (χ3v) is 2.13. The van der Waals surface area contributed by atoms with Gasteiger partial charge in [-0.05, 0) is 18.8 Å². The Morgan fingerprint density at radius 1 is 1.55 bits per heavy atom. The number of hydrogen-bond acceptors (Lipinski definition) is 3. The maximum Gasteiger partial charge on any atom is 0.136 e. The summed E-state index contributed by atoms with van der Waals surface area (Å²) < 4.78 is 0. The van der Waals surface area contributed by atoms with Crippen molar-refractivity contribution in [2.45, 2.75) is 12.8 Å². The van der Waals surface area contributed by atoms with E-state index in [-0.39, 0.29) is 12.5 Å². The summed E-state index contributed by atoms with van der Waals surface area (Å²) in [4.78, 5) is 11.6. The number of carboxylic acid groups (broad SMARTS) is 1. The quantitative estimate of drug-likeness (QED) is 0.534. The lowest BCUT2D eigenvalue weighted by molar-refractivity contribution is -0.266. The van der Waals surface area contributed by atoms with E-state index in [0.29, 0.717) is 13.1 Å². The van der Waals surface area contributed by atoms with Crippen LogP contribution in [0.25, 0.3) is 0 Å². The van der Waals surface area contributed by atoms with Crippen molar-refractivity contribution < 1.29 is 15.0 Å². The first-order valence-corrected chi connectivity index (χ1v) is 3.81. The zero-order valence-electron chi connectivity index (χ0n) is 6.32. The second-order valence-corrected chi connectivity index (χ2v) is 2.88. The van der Waals surface area contributed by atoms with Crippen LogP contribution in [0, 0.1) is 5.92 Å². The van der Waals surface area contributed by atoms with Gasteiger partial charge in [0.2, 0.25) is 0 Å². The summed E-state index contributed by atoms with van der Waals surface area (Å²) >= 11 is 0. The number of amides is 1. The fourth-order valence-electron chi connectivity index (χ4n) is 1.30. The average Bonchev–Trinajstić information content (AvgIpc) is 2.05. The van der Waals surface area contributed by atoms with Gasteiger partial charge in [-0.1, -0.05) is 0 Å². The lowest BCUT2D eigenvalue weighted by Crippen LogP contribution is -2.45. The van der Waals surface area contributed by atoms with E-state index in [1.54, 1.807) is 0 Å². The largest absolute Gasteiger partial charge is 0.530 e. The molecule has 1 aliphatic rings. The zero-order chi connectivity index (χ0) is 8.27. The Kier molecular flexibility index (Phi) is 2.70. The highest BCUT2D eigenvalue weighted by atomic mass is 16.4. The molecule has 1 saturated heterocycles. The minimum atomic E-state index is -1.10. The number of hydrogen-bond donors (Lipinski definition) is 1. The van der Waals surface area contributed by atoms with Crippen molar-refractivity contribution in [2.24, 2.45) is 5.92 Å². The average molecular weight is 158 g/mol. The first-order chi connectivity index (χ1) is 5.24. The molecule has 1 aliphatic heterocycles. The van der Waals surface area contributed by atoms with Crippen LogP contribution in [0.3, 0.4) is 0 Å². The Morgan fingerprint density at radius 2 is 2.09 bits per heavy atom. The number of carbonyl (C=O) groups is 1. The van der Waals surface area contributed by atoms with Gasteiger partial charge in [-0.3, -0.25) is 0 Å². The first-order valence-electron chi connectivity index (χ1n) is 3.81. The van der Waals surface area contributed by atoms with Crippen molar-refractivity contribution in [2.75, 3.05) is 19.7 Å². The number of aliphatic hydroxyl groups is 1. The molecule has 0 atom stereocenters. The zero-order valence-corrected chi connectivity index (χ0v) is 6.32. The normalized spacial score (nSPS) is 20.3. The summed E-state index contributed by atoms with van der Waals surface area (Å²) in [5, 5.41) is 19.0. The fraction of sp³-hybridized carbons (Fsp3) is 0.857. The molecule has 0 aromatic heterocycles. The first kappa shape index (κ1) is 8.33.